The standard InChI is InChI=1S/C18H19F2N3O3/c19-18(20)26-15-7-1-12(2-8-15)9-10-22-16(24)11-23-14-5-3-13(4-6-14)17(21)25/h1-8,18,23H,9-11H2,(H2,21,25)(H,22,24). The van der Waals surface area contributed by atoms with Crippen molar-refractivity contribution in [1.29, 1.82) is 0 Å². The van der Waals surface area contributed by atoms with Crippen LogP contribution in [0.1, 0.15) is 15.9 Å². The molecule has 0 aliphatic rings. The van der Waals surface area contributed by atoms with Gasteiger partial charge in [0.15, 0.2) is 0 Å². The molecular formula is C18H19F2N3O3. The summed E-state index contributed by atoms with van der Waals surface area (Å²) in [5, 5.41) is 5.68. The molecule has 0 saturated heterocycles. The van der Waals surface area contributed by atoms with E-state index in [2.05, 4.69) is 15.4 Å². The Labute approximate surface area is 149 Å². The summed E-state index contributed by atoms with van der Waals surface area (Å²) in [7, 11) is 0. The van der Waals surface area contributed by atoms with Gasteiger partial charge in [-0.05, 0) is 48.4 Å². The number of anilines is 1. The van der Waals surface area contributed by atoms with Crippen LogP contribution in [0.3, 0.4) is 0 Å². The van der Waals surface area contributed by atoms with Crippen molar-refractivity contribution in [2.24, 2.45) is 5.73 Å². The molecule has 26 heavy (non-hydrogen) atoms. The van der Waals surface area contributed by atoms with Crippen molar-refractivity contribution in [3.8, 4) is 5.75 Å². The van der Waals surface area contributed by atoms with Gasteiger partial charge in [-0.2, -0.15) is 8.78 Å². The van der Waals surface area contributed by atoms with Gasteiger partial charge in [-0.3, -0.25) is 9.59 Å². The largest absolute Gasteiger partial charge is 0.435 e. The summed E-state index contributed by atoms with van der Waals surface area (Å²) in [6.45, 7) is -2.35. The third-order valence-electron chi connectivity index (χ3n) is 3.51. The van der Waals surface area contributed by atoms with Gasteiger partial charge < -0.3 is 21.1 Å². The Morgan fingerprint density at radius 2 is 1.69 bits per heavy atom. The van der Waals surface area contributed by atoms with Crippen LogP contribution in [0.2, 0.25) is 0 Å². The number of hydrogen-bond donors (Lipinski definition) is 3. The summed E-state index contributed by atoms with van der Waals surface area (Å²) in [6, 6.07) is 12.7. The third kappa shape index (κ3) is 6.39. The van der Waals surface area contributed by atoms with E-state index in [0.717, 1.165) is 5.56 Å². The van der Waals surface area contributed by atoms with E-state index >= 15 is 0 Å². The monoisotopic (exact) mass is 363 g/mol. The molecule has 0 aliphatic heterocycles. The Hall–Kier alpha value is -3.16. The van der Waals surface area contributed by atoms with E-state index in [-0.39, 0.29) is 18.2 Å². The van der Waals surface area contributed by atoms with Crippen molar-refractivity contribution in [1.82, 2.24) is 5.32 Å². The predicted molar refractivity (Wildman–Crippen MR) is 93.2 cm³/mol. The molecule has 0 spiro atoms. The third-order valence-corrected chi connectivity index (χ3v) is 3.51. The molecule has 2 rings (SSSR count). The molecule has 8 heteroatoms. The number of benzene rings is 2. The van der Waals surface area contributed by atoms with Gasteiger partial charge in [0.05, 0.1) is 6.54 Å². The quantitative estimate of drug-likeness (QED) is 0.636. The topological polar surface area (TPSA) is 93.5 Å². The Bertz CT molecular complexity index is 734. The fourth-order valence-electron chi connectivity index (χ4n) is 2.18. The number of carbonyl (C=O) groups excluding carboxylic acids is 2. The first-order valence-electron chi connectivity index (χ1n) is 7.88. The van der Waals surface area contributed by atoms with Crippen LogP contribution in [0.15, 0.2) is 48.5 Å². The van der Waals surface area contributed by atoms with Gasteiger partial charge in [-0.1, -0.05) is 12.1 Å². The second kappa shape index (κ2) is 9.36. The minimum absolute atomic E-state index is 0.0804. The van der Waals surface area contributed by atoms with Crippen LogP contribution in [-0.2, 0) is 11.2 Å². The van der Waals surface area contributed by atoms with Crippen molar-refractivity contribution in [3.05, 3.63) is 59.7 Å². The minimum Gasteiger partial charge on any atom is -0.435 e. The fourth-order valence-corrected chi connectivity index (χ4v) is 2.18. The molecular weight excluding hydrogens is 344 g/mol. The first-order valence-corrected chi connectivity index (χ1v) is 7.88. The molecule has 2 aromatic carbocycles. The van der Waals surface area contributed by atoms with E-state index < -0.39 is 12.5 Å². The number of alkyl halides is 2. The normalized spacial score (nSPS) is 10.4. The number of carbonyl (C=O) groups is 2. The Morgan fingerprint density at radius 3 is 2.27 bits per heavy atom. The van der Waals surface area contributed by atoms with Crippen LogP contribution in [0.5, 0.6) is 5.75 Å². The molecule has 0 bridgehead atoms. The van der Waals surface area contributed by atoms with Crippen LogP contribution < -0.4 is 21.1 Å². The molecule has 0 saturated carbocycles. The van der Waals surface area contributed by atoms with E-state index in [4.69, 9.17) is 5.73 Å². The number of hydrogen-bond acceptors (Lipinski definition) is 4. The average Bonchev–Trinajstić information content (AvgIpc) is 2.61. The summed E-state index contributed by atoms with van der Waals surface area (Å²) >= 11 is 0. The summed E-state index contributed by atoms with van der Waals surface area (Å²) in [5.74, 6) is -0.607. The van der Waals surface area contributed by atoms with Gasteiger partial charge in [-0.25, -0.2) is 0 Å². The molecule has 0 unspecified atom stereocenters. The van der Waals surface area contributed by atoms with E-state index in [1.807, 2.05) is 0 Å². The molecule has 0 aliphatic carbocycles. The average molecular weight is 363 g/mol. The molecule has 2 amide bonds. The lowest BCUT2D eigenvalue weighted by molar-refractivity contribution is -0.119. The Balaban J connectivity index is 1.69. The molecule has 4 N–H and O–H groups in total. The van der Waals surface area contributed by atoms with Gasteiger partial charge in [0.25, 0.3) is 0 Å². The zero-order valence-corrected chi connectivity index (χ0v) is 13.9. The maximum atomic E-state index is 12.1. The first kappa shape index (κ1) is 19.2. The minimum atomic E-state index is -2.85. The zero-order valence-electron chi connectivity index (χ0n) is 13.9. The Morgan fingerprint density at radius 1 is 1.04 bits per heavy atom. The van der Waals surface area contributed by atoms with Gasteiger partial charge >= 0.3 is 6.61 Å². The van der Waals surface area contributed by atoms with Crippen LogP contribution in [0, 0.1) is 0 Å². The highest BCUT2D eigenvalue weighted by atomic mass is 19.3. The zero-order chi connectivity index (χ0) is 18.9. The fraction of sp³-hybridized carbons (Fsp3) is 0.222. The maximum Gasteiger partial charge on any atom is 0.387 e. The summed E-state index contributed by atoms with van der Waals surface area (Å²) in [5.41, 5.74) is 7.13. The molecule has 0 aromatic heterocycles. The smallest absolute Gasteiger partial charge is 0.387 e. The van der Waals surface area contributed by atoms with Gasteiger partial charge in [0.1, 0.15) is 5.75 Å². The van der Waals surface area contributed by atoms with E-state index in [1.54, 1.807) is 36.4 Å². The molecule has 0 atom stereocenters. The molecule has 138 valence electrons. The lowest BCUT2D eigenvalue weighted by Gasteiger charge is -2.09. The summed E-state index contributed by atoms with van der Waals surface area (Å²) < 4.78 is 28.4. The second-order valence-electron chi connectivity index (χ2n) is 5.42. The lowest BCUT2D eigenvalue weighted by atomic mass is 10.1. The molecule has 0 radical (unpaired) electrons. The highest BCUT2D eigenvalue weighted by Gasteiger charge is 2.05. The van der Waals surface area contributed by atoms with E-state index in [9.17, 15) is 18.4 Å². The summed E-state index contributed by atoms with van der Waals surface area (Å²) in [6.07, 6.45) is 0.563. The number of primary amides is 1. The van der Waals surface area contributed by atoms with Gasteiger partial charge in [0, 0.05) is 17.8 Å². The maximum absolute atomic E-state index is 12.1. The summed E-state index contributed by atoms with van der Waals surface area (Å²) in [4.78, 5) is 22.8. The van der Waals surface area contributed by atoms with E-state index in [1.165, 1.54) is 12.1 Å². The Kier molecular flexibility index (Phi) is 6.90. The second-order valence-corrected chi connectivity index (χ2v) is 5.42. The number of nitrogens with two attached hydrogens (primary N) is 1. The predicted octanol–water partition coefficient (Wildman–Crippen LogP) is 2.16. The number of ether oxygens (including phenoxy) is 1. The van der Waals surface area contributed by atoms with Crippen LogP contribution >= 0.6 is 0 Å². The molecule has 0 heterocycles. The van der Waals surface area contributed by atoms with Crippen molar-refractivity contribution in [2.45, 2.75) is 13.0 Å². The SMILES string of the molecule is NC(=O)c1ccc(NCC(=O)NCCc2ccc(OC(F)F)cc2)cc1. The van der Waals surface area contributed by atoms with E-state index in [0.29, 0.717) is 24.2 Å². The molecule has 2 aromatic rings. The first-order chi connectivity index (χ1) is 12.4. The molecule has 6 nitrogen and oxygen atoms in total. The van der Waals surface area contributed by atoms with Crippen LogP contribution in [0.4, 0.5) is 14.5 Å². The van der Waals surface area contributed by atoms with Crippen molar-refractivity contribution < 1.29 is 23.1 Å². The van der Waals surface area contributed by atoms with Crippen molar-refractivity contribution >= 4 is 17.5 Å². The number of halogens is 2. The van der Waals surface area contributed by atoms with Gasteiger partial charge in [-0.15, -0.1) is 0 Å². The highest BCUT2D eigenvalue weighted by Crippen LogP contribution is 2.15. The molecule has 0 fully saturated rings. The van der Waals surface area contributed by atoms with Crippen molar-refractivity contribution in [3.63, 3.8) is 0 Å². The van der Waals surface area contributed by atoms with Gasteiger partial charge in [0.2, 0.25) is 11.8 Å². The van der Waals surface area contributed by atoms with Crippen LogP contribution in [-0.4, -0.2) is 31.5 Å². The lowest BCUT2D eigenvalue weighted by Crippen LogP contribution is -2.31. The highest BCUT2D eigenvalue weighted by molar-refractivity contribution is 5.93. The number of nitrogens with one attached hydrogen (secondary N) is 2. The van der Waals surface area contributed by atoms with Crippen molar-refractivity contribution in [2.75, 3.05) is 18.4 Å². The van der Waals surface area contributed by atoms with Crippen LogP contribution in [0.25, 0.3) is 0 Å². The number of rotatable bonds is 9. The number of amides is 2.